The van der Waals surface area contributed by atoms with Gasteiger partial charge in [0.25, 0.3) is 5.97 Å². The molecule has 0 aliphatic rings. The number of carbonyl (C=O) groups excluding carboxylic acids is 1. The molecule has 0 fully saturated rings. The number of carbonyl (C=O) groups is 2. The van der Waals surface area contributed by atoms with Crippen molar-refractivity contribution in [1.82, 2.24) is 10.3 Å². The van der Waals surface area contributed by atoms with Crippen LogP contribution in [0.2, 0.25) is 0 Å². The number of methoxy groups -OCH3 is 1. The van der Waals surface area contributed by atoms with Crippen LogP contribution in [0.4, 0.5) is 0 Å². The maximum Gasteiger partial charge on any atom is 0.300 e. The number of carboxylic acids is 1. The van der Waals surface area contributed by atoms with Crippen LogP contribution in [0.5, 0.6) is 5.75 Å². The van der Waals surface area contributed by atoms with Crippen molar-refractivity contribution in [1.29, 1.82) is 0 Å². The van der Waals surface area contributed by atoms with Crippen molar-refractivity contribution in [3.63, 3.8) is 0 Å². The summed E-state index contributed by atoms with van der Waals surface area (Å²) in [5.41, 5.74) is 7.56. The van der Waals surface area contributed by atoms with Crippen LogP contribution in [-0.2, 0) is 16.0 Å². The van der Waals surface area contributed by atoms with Crippen LogP contribution in [0.1, 0.15) is 18.9 Å². The number of nitrogens with two attached hydrogens (primary N) is 1. The highest BCUT2D eigenvalue weighted by Gasteiger charge is 2.06. The van der Waals surface area contributed by atoms with Crippen molar-refractivity contribution < 1.29 is 19.4 Å². The van der Waals surface area contributed by atoms with Gasteiger partial charge in [0.15, 0.2) is 0 Å². The molecule has 0 saturated carbocycles. The smallest absolute Gasteiger partial charge is 0.300 e. The summed E-state index contributed by atoms with van der Waals surface area (Å²) in [6.07, 6.45) is 3.13. The van der Waals surface area contributed by atoms with Crippen molar-refractivity contribution in [3.05, 3.63) is 30.0 Å². The van der Waals surface area contributed by atoms with Gasteiger partial charge in [-0.2, -0.15) is 0 Å². The third kappa shape index (κ3) is 6.39. The molecule has 0 aliphatic heterocycles. The van der Waals surface area contributed by atoms with Crippen LogP contribution in [0.3, 0.4) is 0 Å². The predicted molar refractivity (Wildman–Crippen MR) is 88.5 cm³/mol. The first kappa shape index (κ1) is 18.5. The summed E-state index contributed by atoms with van der Waals surface area (Å²) in [6.45, 7) is 2.08. The Kier molecular flexibility index (Phi) is 7.62. The maximum absolute atomic E-state index is 11.3. The van der Waals surface area contributed by atoms with Gasteiger partial charge in [-0.3, -0.25) is 9.59 Å². The fourth-order valence-corrected chi connectivity index (χ4v) is 2.05. The van der Waals surface area contributed by atoms with E-state index in [2.05, 4.69) is 10.3 Å². The second-order valence-corrected chi connectivity index (χ2v) is 4.88. The Morgan fingerprint density at radius 3 is 2.70 bits per heavy atom. The molecule has 0 radical (unpaired) electrons. The molecule has 126 valence electrons. The molecule has 1 aromatic heterocycles. The van der Waals surface area contributed by atoms with Gasteiger partial charge in [0.1, 0.15) is 5.75 Å². The number of hydrogen-bond donors (Lipinski definition) is 4. The number of amides is 1. The average molecular weight is 321 g/mol. The van der Waals surface area contributed by atoms with Gasteiger partial charge < -0.3 is 25.9 Å². The average Bonchev–Trinajstić information content (AvgIpc) is 2.89. The van der Waals surface area contributed by atoms with E-state index in [9.17, 15) is 4.79 Å². The van der Waals surface area contributed by atoms with Gasteiger partial charge >= 0.3 is 0 Å². The molecule has 0 spiro atoms. The number of benzene rings is 1. The number of hydrogen-bond acceptors (Lipinski definition) is 4. The summed E-state index contributed by atoms with van der Waals surface area (Å²) in [6, 6.07) is 5.92. The maximum atomic E-state index is 11.3. The number of aliphatic carboxylic acids is 1. The third-order valence-electron chi connectivity index (χ3n) is 3.06. The molecule has 5 N–H and O–H groups in total. The Bertz CT molecular complexity index is 648. The Morgan fingerprint density at radius 1 is 1.39 bits per heavy atom. The van der Waals surface area contributed by atoms with E-state index >= 15 is 0 Å². The van der Waals surface area contributed by atoms with E-state index in [1.165, 1.54) is 5.56 Å². The normalized spacial score (nSPS) is 9.87. The number of H-pyrrole nitrogens is 1. The van der Waals surface area contributed by atoms with Crippen molar-refractivity contribution in [2.24, 2.45) is 5.73 Å². The molecule has 1 heterocycles. The van der Waals surface area contributed by atoms with Gasteiger partial charge in [-0.25, -0.2) is 0 Å². The lowest BCUT2D eigenvalue weighted by atomic mass is 10.1. The molecule has 23 heavy (non-hydrogen) atoms. The largest absolute Gasteiger partial charge is 0.497 e. The number of aromatic nitrogens is 1. The van der Waals surface area contributed by atoms with Crippen molar-refractivity contribution in [3.8, 4) is 5.75 Å². The lowest BCUT2D eigenvalue weighted by molar-refractivity contribution is -0.134. The summed E-state index contributed by atoms with van der Waals surface area (Å²) in [5.74, 6) is 0.000407. The van der Waals surface area contributed by atoms with Gasteiger partial charge in [0, 0.05) is 43.5 Å². The monoisotopic (exact) mass is 321 g/mol. The molecule has 1 aromatic carbocycles. The zero-order valence-electron chi connectivity index (χ0n) is 13.4. The van der Waals surface area contributed by atoms with Gasteiger partial charge in [0.05, 0.1) is 7.11 Å². The fraction of sp³-hybridized carbons (Fsp3) is 0.375. The highest BCUT2D eigenvalue weighted by atomic mass is 16.5. The SMILES string of the molecule is CC(=O)O.COc1ccc2[nH]cc(CCNC(=O)CCN)c2c1. The quantitative estimate of drug-likeness (QED) is 0.639. The molecule has 2 aromatic rings. The lowest BCUT2D eigenvalue weighted by Crippen LogP contribution is -2.27. The summed E-state index contributed by atoms with van der Waals surface area (Å²) in [7, 11) is 1.65. The number of aromatic amines is 1. The zero-order valence-corrected chi connectivity index (χ0v) is 13.4. The van der Waals surface area contributed by atoms with E-state index < -0.39 is 5.97 Å². The lowest BCUT2D eigenvalue weighted by Gasteiger charge is -2.04. The van der Waals surface area contributed by atoms with Crippen LogP contribution < -0.4 is 15.8 Å². The van der Waals surface area contributed by atoms with Gasteiger partial charge in [-0.1, -0.05) is 0 Å². The van der Waals surface area contributed by atoms with Crippen LogP contribution in [0.15, 0.2) is 24.4 Å². The molecular formula is C16H23N3O4. The van der Waals surface area contributed by atoms with Gasteiger partial charge in [-0.15, -0.1) is 0 Å². The Labute approximate surface area is 134 Å². The Hall–Kier alpha value is -2.54. The van der Waals surface area contributed by atoms with Gasteiger partial charge in [-0.05, 0) is 30.2 Å². The summed E-state index contributed by atoms with van der Waals surface area (Å²) in [4.78, 5) is 23.5. The predicted octanol–water partition coefficient (Wildman–Crippen LogP) is 1.27. The second kappa shape index (κ2) is 9.47. The molecule has 1 amide bonds. The van der Waals surface area contributed by atoms with E-state index in [0.717, 1.165) is 30.0 Å². The summed E-state index contributed by atoms with van der Waals surface area (Å²) < 4.78 is 5.22. The Morgan fingerprint density at radius 2 is 2.09 bits per heavy atom. The van der Waals surface area contributed by atoms with E-state index in [1.807, 2.05) is 24.4 Å². The molecule has 0 unspecified atom stereocenters. The van der Waals surface area contributed by atoms with Gasteiger partial charge in [0.2, 0.25) is 5.91 Å². The molecule has 7 heteroatoms. The van der Waals surface area contributed by atoms with E-state index in [4.69, 9.17) is 20.4 Å². The molecular weight excluding hydrogens is 298 g/mol. The number of carboxylic acid groups (broad SMARTS) is 1. The van der Waals surface area contributed by atoms with Crippen molar-refractivity contribution >= 4 is 22.8 Å². The van der Waals surface area contributed by atoms with Crippen LogP contribution in [0, 0.1) is 0 Å². The summed E-state index contributed by atoms with van der Waals surface area (Å²) >= 11 is 0. The minimum atomic E-state index is -0.833. The van der Waals surface area contributed by atoms with Crippen LogP contribution >= 0.6 is 0 Å². The highest BCUT2D eigenvalue weighted by Crippen LogP contribution is 2.23. The number of ether oxygens (including phenoxy) is 1. The number of nitrogens with one attached hydrogen (secondary N) is 2. The molecule has 2 rings (SSSR count). The van der Waals surface area contributed by atoms with E-state index in [-0.39, 0.29) is 5.91 Å². The van der Waals surface area contributed by atoms with E-state index in [1.54, 1.807) is 7.11 Å². The molecule has 0 saturated heterocycles. The molecule has 0 bridgehead atoms. The zero-order chi connectivity index (χ0) is 17.2. The van der Waals surface area contributed by atoms with Crippen LogP contribution in [0.25, 0.3) is 10.9 Å². The summed E-state index contributed by atoms with van der Waals surface area (Å²) in [5, 5.41) is 11.4. The number of fused-ring (bicyclic) bond motifs is 1. The minimum Gasteiger partial charge on any atom is -0.497 e. The molecule has 7 nitrogen and oxygen atoms in total. The topological polar surface area (TPSA) is 117 Å². The first-order valence-electron chi connectivity index (χ1n) is 7.28. The second-order valence-electron chi connectivity index (χ2n) is 4.88. The van der Waals surface area contributed by atoms with Crippen molar-refractivity contribution in [2.75, 3.05) is 20.2 Å². The van der Waals surface area contributed by atoms with Crippen molar-refractivity contribution in [2.45, 2.75) is 19.8 Å². The Balaban J connectivity index is 0.000000593. The molecule has 0 aliphatic carbocycles. The highest BCUT2D eigenvalue weighted by molar-refractivity contribution is 5.84. The number of rotatable bonds is 6. The standard InChI is InChI=1S/C14H19N3O2.C2H4O2/c1-19-11-2-3-13-12(8-11)10(9-17-13)5-7-16-14(18)4-6-15;1-2(3)4/h2-3,8-9,17H,4-7,15H2,1H3,(H,16,18);1H3,(H,3,4). The first-order valence-corrected chi connectivity index (χ1v) is 7.28. The minimum absolute atomic E-state index is 0.0000724. The van der Waals surface area contributed by atoms with Crippen LogP contribution in [-0.4, -0.2) is 42.2 Å². The van der Waals surface area contributed by atoms with E-state index in [0.29, 0.717) is 19.5 Å². The molecule has 0 atom stereocenters. The first-order chi connectivity index (χ1) is 11.0. The third-order valence-corrected chi connectivity index (χ3v) is 3.06. The fourth-order valence-electron chi connectivity index (χ4n) is 2.05.